The van der Waals surface area contributed by atoms with E-state index in [2.05, 4.69) is 5.32 Å². The van der Waals surface area contributed by atoms with Gasteiger partial charge in [0.1, 0.15) is 6.04 Å². The predicted octanol–water partition coefficient (Wildman–Crippen LogP) is 3.54. The summed E-state index contributed by atoms with van der Waals surface area (Å²) in [5.74, 6) is -0.826. The van der Waals surface area contributed by atoms with Crippen LogP contribution in [0, 0.1) is 0 Å². The van der Waals surface area contributed by atoms with Crippen LogP contribution in [-0.4, -0.2) is 28.7 Å². The van der Waals surface area contributed by atoms with Gasteiger partial charge in [-0.2, -0.15) is 0 Å². The van der Waals surface area contributed by atoms with Crippen molar-refractivity contribution in [3.8, 4) is 0 Å². The molecule has 1 saturated heterocycles. The van der Waals surface area contributed by atoms with Crippen LogP contribution in [0.5, 0.6) is 0 Å². The zero-order valence-corrected chi connectivity index (χ0v) is 16.5. The Morgan fingerprint density at radius 3 is 2.39 bits per heavy atom. The Bertz CT molecular complexity index is 990. The lowest BCUT2D eigenvalue weighted by Crippen LogP contribution is -2.52. The molecule has 2 aliphatic rings. The summed E-state index contributed by atoms with van der Waals surface area (Å²) in [6.45, 7) is 0.390. The molecular formula is C21H18Cl2N2O3. The number of rotatable bonds is 4. The summed E-state index contributed by atoms with van der Waals surface area (Å²) in [4.78, 5) is 37.8. The number of benzene rings is 2. The first kappa shape index (κ1) is 19.0. The summed E-state index contributed by atoms with van der Waals surface area (Å²) in [6.07, 6.45) is 2.23. The second kappa shape index (κ2) is 7.57. The Kier molecular flexibility index (Phi) is 5.13. The Morgan fingerprint density at radius 2 is 1.68 bits per heavy atom. The predicted molar refractivity (Wildman–Crippen MR) is 106 cm³/mol. The fraction of sp³-hybridized carbons (Fsp3) is 0.286. The van der Waals surface area contributed by atoms with Crippen molar-refractivity contribution in [3.05, 3.63) is 68.7 Å². The van der Waals surface area contributed by atoms with E-state index in [-0.39, 0.29) is 18.2 Å². The molecule has 0 saturated carbocycles. The molecule has 5 nitrogen and oxygen atoms in total. The van der Waals surface area contributed by atoms with Gasteiger partial charge in [-0.05, 0) is 54.2 Å². The third-order valence-electron chi connectivity index (χ3n) is 5.27. The quantitative estimate of drug-likeness (QED) is 0.774. The monoisotopic (exact) mass is 416 g/mol. The highest BCUT2D eigenvalue weighted by molar-refractivity contribution is 6.42. The molecule has 2 aromatic carbocycles. The molecule has 28 heavy (non-hydrogen) atoms. The fourth-order valence-electron chi connectivity index (χ4n) is 3.77. The summed E-state index contributed by atoms with van der Waals surface area (Å²) in [7, 11) is 0. The first-order valence-electron chi connectivity index (χ1n) is 9.13. The minimum atomic E-state index is -0.586. The maximum absolute atomic E-state index is 12.7. The normalized spacial score (nSPS) is 19.0. The van der Waals surface area contributed by atoms with Crippen molar-refractivity contribution >= 4 is 40.9 Å². The largest absolute Gasteiger partial charge is 0.322 e. The van der Waals surface area contributed by atoms with Gasteiger partial charge in [0.15, 0.2) is 0 Å². The van der Waals surface area contributed by atoms with E-state index in [4.69, 9.17) is 23.2 Å². The van der Waals surface area contributed by atoms with Crippen molar-refractivity contribution < 1.29 is 14.4 Å². The molecule has 1 atom stereocenters. The van der Waals surface area contributed by atoms with Gasteiger partial charge < -0.3 is 4.90 Å². The van der Waals surface area contributed by atoms with Crippen LogP contribution in [0.1, 0.15) is 39.9 Å². The van der Waals surface area contributed by atoms with Gasteiger partial charge in [-0.15, -0.1) is 0 Å². The SMILES string of the molecule is O=C1CCC(N2Cc3cc(CCc4ccc(Cl)c(Cl)c4)ccc3C2=O)C(=O)N1. The van der Waals surface area contributed by atoms with E-state index < -0.39 is 11.9 Å². The lowest BCUT2D eigenvalue weighted by atomic mass is 10.0. The number of hydrogen-bond acceptors (Lipinski definition) is 3. The molecule has 0 aromatic heterocycles. The lowest BCUT2D eigenvalue weighted by Gasteiger charge is -2.29. The molecule has 1 fully saturated rings. The number of imide groups is 1. The molecule has 2 aliphatic heterocycles. The lowest BCUT2D eigenvalue weighted by molar-refractivity contribution is -0.136. The van der Waals surface area contributed by atoms with Crippen molar-refractivity contribution in [1.82, 2.24) is 10.2 Å². The minimum Gasteiger partial charge on any atom is -0.322 e. The number of hydrogen-bond donors (Lipinski definition) is 1. The number of amides is 3. The number of nitrogens with one attached hydrogen (secondary N) is 1. The van der Waals surface area contributed by atoms with Crippen LogP contribution >= 0.6 is 23.2 Å². The number of aryl methyl sites for hydroxylation is 2. The molecular weight excluding hydrogens is 399 g/mol. The Morgan fingerprint density at radius 1 is 0.964 bits per heavy atom. The average Bonchev–Trinajstić information content (AvgIpc) is 2.99. The topological polar surface area (TPSA) is 66.5 Å². The first-order chi connectivity index (χ1) is 13.4. The van der Waals surface area contributed by atoms with Gasteiger partial charge in [-0.25, -0.2) is 0 Å². The van der Waals surface area contributed by atoms with Gasteiger partial charge in [0.25, 0.3) is 5.91 Å². The van der Waals surface area contributed by atoms with E-state index in [1.165, 1.54) is 0 Å². The standard InChI is InChI=1S/C21H18Cl2N2O3/c22-16-6-4-13(10-17(16)23)2-1-12-3-5-15-14(9-12)11-25(21(15)28)18-7-8-19(26)24-20(18)27/h3-6,9-10,18H,1-2,7-8,11H2,(H,24,26,27). The number of nitrogens with zero attached hydrogens (tertiary/aromatic N) is 1. The van der Waals surface area contributed by atoms with Gasteiger partial charge in [0.2, 0.25) is 11.8 Å². The van der Waals surface area contributed by atoms with Gasteiger partial charge in [0, 0.05) is 18.5 Å². The van der Waals surface area contributed by atoms with Gasteiger partial charge in [-0.3, -0.25) is 19.7 Å². The van der Waals surface area contributed by atoms with Crippen LogP contribution in [0.25, 0.3) is 0 Å². The molecule has 1 unspecified atom stereocenters. The van der Waals surface area contributed by atoms with E-state index in [9.17, 15) is 14.4 Å². The van der Waals surface area contributed by atoms with Gasteiger partial charge >= 0.3 is 0 Å². The Balaban J connectivity index is 1.47. The van der Waals surface area contributed by atoms with Crippen LogP contribution in [0.15, 0.2) is 36.4 Å². The molecule has 0 spiro atoms. The summed E-state index contributed by atoms with van der Waals surface area (Å²) in [5, 5.41) is 3.40. The van der Waals surface area contributed by atoms with E-state index in [1.807, 2.05) is 30.3 Å². The maximum Gasteiger partial charge on any atom is 0.255 e. The first-order valence-corrected chi connectivity index (χ1v) is 9.88. The Labute approximate surface area is 172 Å². The highest BCUT2D eigenvalue weighted by Crippen LogP contribution is 2.29. The number of piperidine rings is 1. The summed E-state index contributed by atoms with van der Waals surface area (Å²) >= 11 is 12.0. The summed E-state index contributed by atoms with van der Waals surface area (Å²) in [6, 6.07) is 10.8. The molecule has 2 heterocycles. The third-order valence-corrected chi connectivity index (χ3v) is 6.01. The Hall–Kier alpha value is -2.37. The molecule has 144 valence electrons. The van der Waals surface area contributed by atoms with E-state index in [0.29, 0.717) is 28.6 Å². The fourth-order valence-corrected chi connectivity index (χ4v) is 4.09. The summed E-state index contributed by atoms with van der Waals surface area (Å²) < 4.78 is 0. The van der Waals surface area contributed by atoms with Crippen LogP contribution in [0.3, 0.4) is 0 Å². The molecule has 2 aromatic rings. The van der Waals surface area contributed by atoms with Crippen molar-refractivity contribution in [3.63, 3.8) is 0 Å². The number of carbonyl (C=O) groups excluding carboxylic acids is 3. The molecule has 3 amide bonds. The zero-order chi connectivity index (χ0) is 19.8. The van der Waals surface area contributed by atoms with Crippen molar-refractivity contribution in [2.24, 2.45) is 0 Å². The van der Waals surface area contributed by atoms with Gasteiger partial charge in [-0.1, -0.05) is 41.4 Å². The minimum absolute atomic E-state index is 0.152. The third kappa shape index (κ3) is 3.64. The highest BCUT2D eigenvalue weighted by atomic mass is 35.5. The molecule has 1 N–H and O–H groups in total. The number of carbonyl (C=O) groups is 3. The maximum atomic E-state index is 12.7. The van der Waals surface area contributed by atoms with Crippen molar-refractivity contribution in [2.45, 2.75) is 38.3 Å². The van der Waals surface area contributed by atoms with Crippen LogP contribution < -0.4 is 5.32 Å². The van der Waals surface area contributed by atoms with Gasteiger partial charge in [0.05, 0.1) is 10.0 Å². The van der Waals surface area contributed by atoms with Crippen LogP contribution in [0.2, 0.25) is 10.0 Å². The second-order valence-corrected chi connectivity index (χ2v) is 7.95. The van der Waals surface area contributed by atoms with Crippen molar-refractivity contribution in [2.75, 3.05) is 0 Å². The van der Waals surface area contributed by atoms with E-state index >= 15 is 0 Å². The van der Waals surface area contributed by atoms with Crippen molar-refractivity contribution in [1.29, 1.82) is 0 Å². The zero-order valence-electron chi connectivity index (χ0n) is 15.0. The molecule has 7 heteroatoms. The number of fused-ring (bicyclic) bond motifs is 1. The molecule has 4 rings (SSSR count). The van der Waals surface area contributed by atoms with E-state index in [0.717, 1.165) is 29.5 Å². The molecule has 0 bridgehead atoms. The summed E-state index contributed by atoms with van der Waals surface area (Å²) in [5.41, 5.74) is 3.75. The van der Waals surface area contributed by atoms with E-state index in [1.54, 1.807) is 11.0 Å². The molecule has 0 radical (unpaired) electrons. The second-order valence-electron chi connectivity index (χ2n) is 7.14. The smallest absolute Gasteiger partial charge is 0.255 e. The number of halogens is 2. The average molecular weight is 417 g/mol. The highest BCUT2D eigenvalue weighted by Gasteiger charge is 2.38. The molecule has 0 aliphatic carbocycles. The van der Waals surface area contributed by atoms with Crippen LogP contribution in [0.4, 0.5) is 0 Å². The van der Waals surface area contributed by atoms with Crippen LogP contribution in [-0.2, 0) is 29.0 Å².